The summed E-state index contributed by atoms with van der Waals surface area (Å²) in [6, 6.07) is 0. The van der Waals surface area contributed by atoms with Gasteiger partial charge in [-0.15, -0.1) is 0 Å². The van der Waals surface area contributed by atoms with E-state index in [1.165, 1.54) is 38.8 Å². The summed E-state index contributed by atoms with van der Waals surface area (Å²) < 4.78 is 0. The van der Waals surface area contributed by atoms with E-state index in [2.05, 4.69) is 39.9 Å². The van der Waals surface area contributed by atoms with E-state index in [1.54, 1.807) is 0 Å². The molecule has 0 radical (unpaired) electrons. The highest BCUT2D eigenvalue weighted by molar-refractivity contribution is 4.70. The van der Waals surface area contributed by atoms with Gasteiger partial charge in [0.2, 0.25) is 0 Å². The zero-order valence-electron chi connectivity index (χ0n) is 10.8. The van der Waals surface area contributed by atoms with Crippen molar-refractivity contribution in [2.75, 3.05) is 13.1 Å². The third kappa shape index (κ3) is 8.55. The summed E-state index contributed by atoms with van der Waals surface area (Å²) in [5, 5.41) is 3.48. The van der Waals surface area contributed by atoms with Crippen LogP contribution in [0.5, 0.6) is 0 Å². The maximum atomic E-state index is 3.48. The van der Waals surface area contributed by atoms with Gasteiger partial charge >= 0.3 is 0 Å². The number of rotatable bonds is 8. The van der Waals surface area contributed by atoms with Gasteiger partial charge in [0.05, 0.1) is 0 Å². The summed E-state index contributed by atoms with van der Waals surface area (Å²) >= 11 is 0. The lowest BCUT2D eigenvalue weighted by Gasteiger charge is -2.25. The normalized spacial score (nSPS) is 12.4. The first-order chi connectivity index (χ1) is 6.48. The molecule has 0 saturated carbocycles. The van der Waals surface area contributed by atoms with Crippen LogP contribution in [-0.2, 0) is 0 Å². The lowest BCUT2D eigenvalue weighted by Crippen LogP contribution is -2.23. The van der Waals surface area contributed by atoms with Gasteiger partial charge in [0, 0.05) is 0 Å². The van der Waals surface area contributed by atoms with Gasteiger partial charge in [-0.1, -0.05) is 41.0 Å². The Morgan fingerprint density at radius 1 is 1.07 bits per heavy atom. The third-order valence-electron chi connectivity index (χ3n) is 2.80. The van der Waals surface area contributed by atoms with Crippen molar-refractivity contribution < 1.29 is 0 Å². The molecular weight excluding hydrogens is 170 g/mol. The fraction of sp³-hybridized carbons (Fsp3) is 1.00. The summed E-state index contributed by atoms with van der Waals surface area (Å²) in [6.45, 7) is 14.0. The maximum Gasteiger partial charge on any atom is -0.00438 e. The molecule has 14 heavy (non-hydrogen) atoms. The largest absolute Gasteiger partial charge is 0.317 e. The molecular formula is C13H29N. The molecule has 0 aromatic rings. The maximum absolute atomic E-state index is 3.48. The van der Waals surface area contributed by atoms with Crippen LogP contribution in [0.25, 0.3) is 0 Å². The second-order valence-corrected chi connectivity index (χ2v) is 5.60. The van der Waals surface area contributed by atoms with Gasteiger partial charge in [-0.3, -0.25) is 0 Å². The Labute approximate surface area is 90.7 Å². The number of hydrogen-bond acceptors (Lipinski definition) is 1. The minimum absolute atomic E-state index is 0.519. The topological polar surface area (TPSA) is 12.0 Å². The van der Waals surface area contributed by atoms with E-state index >= 15 is 0 Å². The lowest BCUT2D eigenvalue weighted by atomic mass is 9.82. The highest BCUT2D eigenvalue weighted by Gasteiger charge is 2.17. The predicted octanol–water partition coefficient (Wildman–Crippen LogP) is 3.84. The smallest absolute Gasteiger partial charge is 0.00438 e. The van der Waals surface area contributed by atoms with Crippen LogP contribution in [0.3, 0.4) is 0 Å². The van der Waals surface area contributed by atoms with Crippen LogP contribution >= 0.6 is 0 Å². The van der Waals surface area contributed by atoms with E-state index in [9.17, 15) is 0 Å². The first-order valence-electron chi connectivity index (χ1n) is 6.18. The zero-order chi connectivity index (χ0) is 11.0. The van der Waals surface area contributed by atoms with Crippen molar-refractivity contribution in [1.29, 1.82) is 0 Å². The zero-order valence-corrected chi connectivity index (χ0v) is 10.8. The van der Waals surface area contributed by atoms with E-state index in [1.807, 2.05) is 0 Å². The Morgan fingerprint density at radius 2 is 1.71 bits per heavy atom. The molecule has 0 aromatic carbocycles. The van der Waals surface area contributed by atoms with Crippen molar-refractivity contribution in [2.45, 2.75) is 60.3 Å². The van der Waals surface area contributed by atoms with Crippen LogP contribution in [0, 0.1) is 11.3 Å². The van der Waals surface area contributed by atoms with Crippen LogP contribution in [0.2, 0.25) is 0 Å². The molecule has 0 aliphatic heterocycles. The van der Waals surface area contributed by atoms with E-state index in [0.29, 0.717) is 5.41 Å². The Hall–Kier alpha value is -0.0400. The van der Waals surface area contributed by atoms with E-state index in [4.69, 9.17) is 0 Å². The molecule has 0 atom stereocenters. The van der Waals surface area contributed by atoms with E-state index in [0.717, 1.165) is 5.92 Å². The summed E-state index contributed by atoms with van der Waals surface area (Å²) in [7, 11) is 0. The molecule has 0 unspecified atom stereocenters. The molecule has 0 amide bonds. The Balaban J connectivity index is 3.50. The average Bonchev–Trinajstić information content (AvgIpc) is 2.10. The van der Waals surface area contributed by atoms with Crippen molar-refractivity contribution in [3.8, 4) is 0 Å². The van der Waals surface area contributed by atoms with Crippen molar-refractivity contribution in [1.82, 2.24) is 5.32 Å². The Bertz CT molecular complexity index is 127. The summed E-state index contributed by atoms with van der Waals surface area (Å²) in [6.07, 6.45) is 5.27. The van der Waals surface area contributed by atoms with Crippen LogP contribution < -0.4 is 5.32 Å². The molecule has 0 aliphatic rings. The quantitative estimate of drug-likeness (QED) is 0.586. The number of hydrogen-bond donors (Lipinski definition) is 1. The molecule has 0 spiro atoms. The van der Waals surface area contributed by atoms with Gasteiger partial charge in [-0.25, -0.2) is 0 Å². The molecule has 1 N–H and O–H groups in total. The van der Waals surface area contributed by atoms with Gasteiger partial charge in [0.25, 0.3) is 0 Å². The molecule has 86 valence electrons. The van der Waals surface area contributed by atoms with Crippen LogP contribution in [0.15, 0.2) is 0 Å². The van der Waals surface area contributed by atoms with Crippen molar-refractivity contribution in [3.05, 3.63) is 0 Å². The molecule has 0 aromatic heterocycles. The third-order valence-corrected chi connectivity index (χ3v) is 2.80. The standard InChI is InChI=1S/C13H29N/c1-6-10-14-11-9-13(4,5)8-7-12(2)3/h12,14H,6-11H2,1-5H3. The SMILES string of the molecule is CCCNCCC(C)(C)CCC(C)C. The minimum Gasteiger partial charge on any atom is -0.317 e. The average molecular weight is 199 g/mol. The molecule has 0 saturated heterocycles. The van der Waals surface area contributed by atoms with E-state index in [-0.39, 0.29) is 0 Å². The van der Waals surface area contributed by atoms with Crippen LogP contribution in [-0.4, -0.2) is 13.1 Å². The van der Waals surface area contributed by atoms with Gasteiger partial charge in [-0.05, 0) is 43.7 Å². The van der Waals surface area contributed by atoms with Crippen LogP contribution in [0.1, 0.15) is 60.3 Å². The monoisotopic (exact) mass is 199 g/mol. The highest BCUT2D eigenvalue weighted by Crippen LogP contribution is 2.27. The van der Waals surface area contributed by atoms with Gasteiger partial charge < -0.3 is 5.32 Å². The fourth-order valence-corrected chi connectivity index (χ4v) is 1.53. The van der Waals surface area contributed by atoms with Gasteiger partial charge in [0.15, 0.2) is 0 Å². The summed E-state index contributed by atoms with van der Waals surface area (Å²) in [5.41, 5.74) is 0.519. The molecule has 0 aliphatic carbocycles. The van der Waals surface area contributed by atoms with Gasteiger partial charge in [0.1, 0.15) is 0 Å². The van der Waals surface area contributed by atoms with E-state index < -0.39 is 0 Å². The Kier molecular flexibility index (Phi) is 7.26. The van der Waals surface area contributed by atoms with Crippen molar-refractivity contribution >= 4 is 0 Å². The molecule has 1 heteroatoms. The molecule has 0 fully saturated rings. The minimum atomic E-state index is 0.519. The Morgan fingerprint density at radius 3 is 2.21 bits per heavy atom. The van der Waals surface area contributed by atoms with Gasteiger partial charge in [-0.2, -0.15) is 0 Å². The predicted molar refractivity (Wildman–Crippen MR) is 65.6 cm³/mol. The first kappa shape index (κ1) is 14.0. The summed E-state index contributed by atoms with van der Waals surface area (Å²) in [4.78, 5) is 0. The van der Waals surface area contributed by atoms with Crippen LogP contribution in [0.4, 0.5) is 0 Å². The second kappa shape index (κ2) is 7.28. The van der Waals surface area contributed by atoms with Crippen molar-refractivity contribution in [3.63, 3.8) is 0 Å². The lowest BCUT2D eigenvalue weighted by molar-refractivity contribution is 0.278. The first-order valence-corrected chi connectivity index (χ1v) is 6.18. The van der Waals surface area contributed by atoms with Crippen molar-refractivity contribution in [2.24, 2.45) is 11.3 Å². The molecule has 0 bridgehead atoms. The second-order valence-electron chi connectivity index (χ2n) is 5.60. The molecule has 0 heterocycles. The fourth-order valence-electron chi connectivity index (χ4n) is 1.53. The number of nitrogens with one attached hydrogen (secondary N) is 1. The summed E-state index contributed by atoms with van der Waals surface area (Å²) in [5.74, 6) is 0.845. The molecule has 1 nitrogen and oxygen atoms in total. The molecule has 0 rings (SSSR count). The highest BCUT2D eigenvalue weighted by atomic mass is 14.8.